The molecule has 0 aromatic carbocycles. The normalized spacial score (nSPS) is 9.93. The maximum Gasteiger partial charge on any atom is 0.271 e. The van der Waals surface area contributed by atoms with Gasteiger partial charge in [0.15, 0.2) is 0 Å². The van der Waals surface area contributed by atoms with Crippen LogP contribution in [0.15, 0.2) is 41.6 Å². The van der Waals surface area contributed by atoms with Crippen LogP contribution < -0.4 is 10.9 Å². The summed E-state index contributed by atoms with van der Waals surface area (Å²) in [5, 5.41) is 2.85. The molecule has 4 nitrogen and oxygen atoms in total. The molecule has 0 aliphatic carbocycles. The summed E-state index contributed by atoms with van der Waals surface area (Å²) in [5.74, 6) is 0. The number of rotatable bonds is 2. The van der Waals surface area contributed by atoms with Gasteiger partial charge in [0.2, 0.25) is 0 Å². The summed E-state index contributed by atoms with van der Waals surface area (Å²) in [6.45, 7) is 0. The van der Waals surface area contributed by atoms with Crippen molar-refractivity contribution in [3.05, 3.63) is 47.1 Å². The van der Waals surface area contributed by atoms with Gasteiger partial charge in [0.1, 0.15) is 5.69 Å². The summed E-state index contributed by atoms with van der Waals surface area (Å²) in [4.78, 5) is 17.9. The first-order valence-corrected chi connectivity index (χ1v) is 4.62. The van der Waals surface area contributed by atoms with E-state index >= 15 is 0 Å². The lowest BCUT2D eigenvalue weighted by Crippen LogP contribution is -2.10. The predicted molar refractivity (Wildman–Crippen MR) is 59.8 cm³/mol. The Labute approximate surface area is 87.0 Å². The van der Waals surface area contributed by atoms with Crippen molar-refractivity contribution in [3.63, 3.8) is 0 Å². The van der Waals surface area contributed by atoms with Crippen LogP contribution >= 0.6 is 0 Å². The molecule has 2 aromatic rings. The molecular weight excluding hydrogens is 190 g/mol. The van der Waals surface area contributed by atoms with Crippen LogP contribution in [0.3, 0.4) is 0 Å². The highest BCUT2D eigenvalue weighted by Gasteiger charge is 2.01. The average Bonchev–Trinajstić information content (AvgIpc) is 2.31. The third-order valence-electron chi connectivity index (χ3n) is 2.19. The lowest BCUT2D eigenvalue weighted by molar-refractivity contribution is 1.22. The molecular formula is C11H11N3O. The second kappa shape index (κ2) is 3.96. The fraction of sp³-hybridized carbons (Fsp3) is 0.0909. The van der Waals surface area contributed by atoms with Crippen LogP contribution in [0, 0.1) is 0 Å². The molecule has 0 saturated carbocycles. The Bertz CT molecular complexity index is 505. The molecule has 0 atom stereocenters. The van der Waals surface area contributed by atoms with Gasteiger partial charge in [-0.15, -0.1) is 0 Å². The minimum atomic E-state index is -0.115. The SMILES string of the molecule is CNc1cc(-c2ccncc2)c[nH]c1=O. The van der Waals surface area contributed by atoms with Crippen molar-refractivity contribution in [2.45, 2.75) is 0 Å². The second-order valence-electron chi connectivity index (χ2n) is 3.12. The fourth-order valence-electron chi connectivity index (χ4n) is 1.38. The van der Waals surface area contributed by atoms with E-state index in [1.165, 1.54) is 0 Å². The first kappa shape index (κ1) is 9.45. The van der Waals surface area contributed by atoms with E-state index in [0.29, 0.717) is 5.69 Å². The highest BCUT2D eigenvalue weighted by Crippen LogP contribution is 2.17. The van der Waals surface area contributed by atoms with Crippen molar-refractivity contribution in [1.29, 1.82) is 0 Å². The third kappa shape index (κ3) is 1.88. The molecule has 0 unspecified atom stereocenters. The molecule has 76 valence electrons. The maximum atomic E-state index is 11.3. The fourth-order valence-corrected chi connectivity index (χ4v) is 1.38. The Morgan fingerprint density at radius 1 is 1.27 bits per heavy atom. The number of hydrogen-bond donors (Lipinski definition) is 2. The molecule has 0 fully saturated rings. The number of aromatic amines is 1. The first-order chi connectivity index (χ1) is 7.31. The largest absolute Gasteiger partial charge is 0.384 e. The average molecular weight is 201 g/mol. The molecule has 0 aliphatic heterocycles. The van der Waals surface area contributed by atoms with Gasteiger partial charge >= 0.3 is 0 Å². The van der Waals surface area contributed by atoms with E-state index in [-0.39, 0.29) is 5.56 Å². The predicted octanol–water partition coefficient (Wildman–Crippen LogP) is 1.48. The summed E-state index contributed by atoms with van der Waals surface area (Å²) in [7, 11) is 1.72. The number of hydrogen-bond acceptors (Lipinski definition) is 3. The molecule has 2 N–H and O–H groups in total. The Balaban J connectivity index is 2.51. The van der Waals surface area contributed by atoms with Crippen molar-refractivity contribution in [3.8, 4) is 11.1 Å². The topological polar surface area (TPSA) is 57.8 Å². The number of anilines is 1. The van der Waals surface area contributed by atoms with E-state index in [4.69, 9.17) is 0 Å². The van der Waals surface area contributed by atoms with Gasteiger partial charge in [0.25, 0.3) is 5.56 Å². The first-order valence-electron chi connectivity index (χ1n) is 4.62. The van der Waals surface area contributed by atoms with Gasteiger partial charge in [-0.3, -0.25) is 9.78 Å². The molecule has 2 aromatic heterocycles. The minimum absolute atomic E-state index is 0.115. The lowest BCUT2D eigenvalue weighted by atomic mass is 10.1. The van der Waals surface area contributed by atoms with E-state index in [1.807, 2.05) is 18.2 Å². The van der Waals surface area contributed by atoms with Crippen LogP contribution in [0.1, 0.15) is 0 Å². The summed E-state index contributed by atoms with van der Waals surface area (Å²) in [6, 6.07) is 5.61. The standard InChI is InChI=1S/C11H11N3O/c1-12-10-6-9(7-14-11(10)15)8-2-4-13-5-3-8/h2-7,12H,1H3,(H,14,15). The zero-order chi connectivity index (χ0) is 10.7. The van der Waals surface area contributed by atoms with Crippen molar-refractivity contribution in [1.82, 2.24) is 9.97 Å². The summed E-state index contributed by atoms with van der Waals surface area (Å²) in [5.41, 5.74) is 2.43. The molecule has 0 amide bonds. The van der Waals surface area contributed by atoms with Crippen LogP contribution in [-0.4, -0.2) is 17.0 Å². The van der Waals surface area contributed by atoms with Crippen molar-refractivity contribution in [2.24, 2.45) is 0 Å². The number of nitrogens with one attached hydrogen (secondary N) is 2. The summed E-state index contributed by atoms with van der Waals surface area (Å²) in [6.07, 6.45) is 5.14. The molecule has 4 heteroatoms. The number of aromatic nitrogens is 2. The van der Waals surface area contributed by atoms with Crippen LogP contribution in [0.2, 0.25) is 0 Å². The molecule has 0 bridgehead atoms. The molecule has 0 radical (unpaired) electrons. The summed E-state index contributed by atoms with van der Waals surface area (Å²) >= 11 is 0. The Kier molecular flexibility index (Phi) is 2.49. The van der Waals surface area contributed by atoms with Crippen LogP contribution in [0.5, 0.6) is 0 Å². The molecule has 15 heavy (non-hydrogen) atoms. The van der Waals surface area contributed by atoms with Gasteiger partial charge in [-0.05, 0) is 23.8 Å². The van der Waals surface area contributed by atoms with Gasteiger partial charge in [0, 0.05) is 31.2 Å². The quantitative estimate of drug-likeness (QED) is 0.773. The van der Waals surface area contributed by atoms with E-state index in [0.717, 1.165) is 11.1 Å². The second-order valence-corrected chi connectivity index (χ2v) is 3.12. The molecule has 2 heterocycles. The zero-order valence-corrected chi connectivity index (χ0v) is 8.32. The lowest BCUT2D eigenvalue weighted by Gasteiger charge is -2.03. The number of H-pyrrole nitrogens is 1. The molecule has 0 saturated heterocycles. The van der Waals surface area contributed by atoms with Gasteiger partial charge < -0.3 is 10.3 Å². The Hall–Kier alpha value is -2.10. The van der Waals surface area contributed by atoms with Gasteiger partial charge in [-0.1, -0.05) is 0 Å². The minimum Gasteiger partial charge on any atom is -0.384 e. The molecule has 0 spiro atoms. The van der Waals surface area contributed by atoms with Crippen molar-refractivity contribution >= 4 is 5.69 Å². The summed E-state index contributed by atoms with van der Waals surface area (Å²) < 4.78 is 0. The van der Waals surface area contributed by atoms with Crippen molar-refractivity contribution in [2.75, 3.05) is 12.4 Å². The molecule has 0 aliphatic rings. The Morgan fingerprint density at radius 3 is 2.67 bits per heavy atom. The highest BCUT2D eigenvalue weighted by atomic mass is 16.1. The molecule has 2 rings (SSSR count). The van der Waals surface area contributed by atoms with E-state index in [2.05, 4.69) is 15.3 Å². The maximum absolute atomic E-state index is 11.3. The number of pyridine rings is 2. The van der Waals surface area contributed by atoms with Gasteiger partial charge in [-0.25, -0.2) is 0 Å². The van der Waals surface area contributed by atoms with Crippen LogP contribution in [-0.2, 0) is 0 Å². The zero-order valence-electron chi connectivity index (χ0n) is 8.32. The highest BCUT2D eigenvalue weighted by molar-refractivity contribution is 5.65. The van der Waals surface area contributed by atoms with Gasteiger partial charge in [-0.2, -0.15) is 0 Å². The van der Waals surface area contributed by atoms with Crippen molar-refractivity contribution < 1.29 is 0 Å². The van der Waals surface area contributed by atoms with E-state index in [9.17, 15) is 4.79 Å². The number of nitrogens with zero attached hydrogens (tertiary/aromatic N) is 1. The van der Waals surface area contributed by atoms with E-state index < -0.39 is 0 Å². The Morgan fingerprint density at radius 2 is 2.00 bits per heavy atom. The monoisotopic (exact) mass is 201 g/mol. The van der Waals surface area contributed by atoms with E-state index in [1.54, 1.807) is 25.6 Å². The third-order valence-corrected chi connectivity index (χ3v) is 2.19. The van der Waals surface area contributed by atoms with Crippen LogP contribution in [0.4, 0.5) is 5.69 Å². The van der Waals surface area contributed by atoms with Gasteiger partial charge in [0.05, 0.1) is 0 Å². The smallest absolute Gasteiger partial charge is 0.271 e. The van der Waals surface area contributed by atoms with Crippen LogP contribution in [0.25, 0.3) is 11.1 Å².